The molecule has 0 saturated carbocycles. The zero-order valence-electron chi connectivity index (χ0n) is 9.52. The van der Waals surface area contributed by atoms with Crippen molar-refractivity contribution in [3.63, 3.8) is 0 Å². The van der Waals surface area contributed by atoms with Gasteiger partial charge in [-0.25, -0.2) is 0 Å². The normalized spacial score (nSPS) is 11.2. The summed E-state index contributed by atoms with van der Waals surface area (Å²) in [5.41, 5.74) is 0.739. The van der Waals surface area contributed by atoms with Crippen LogP contribution in [-0.4, -0.2) is 21.4 Å². The van der Waals surface area contributed by atoms with E-state index in [1.165, 1.54) is 0 Å². The molecule has 0 bridgehead atoms. The van der Waals surface area contributed by atoms with Crippen LogP contribution < -0.4 is 5.32 Å². The van der Waals surface area contributed by atoms with Crippen LogP contribution in [0, 0.1) is 6.92 Å². The van der Waals surface area contributed by atoms with Gasteiger partial charge in [-0.1, -0.05) is 19.0 Å². The minimum Gasteiger partial charge on any atom is -0.419 e. The summed E-state index contributed by atoms with van der Waals surface area (Å²) in [6, 6.07) is 0.382. The molecular weight excluding hydrogens is 208 g/mol. The topological polar surface area (TPSA) is 77.0 Å². The third-order valence-corrected chi connectivity index (χ3v) is 2.11. The highest BCUT2D eigenvalue weighted by molar-refractivity contribution is 5.52. The molecule has 0 aliphatic rings. The van der Waals surface area contributed by atoms with Gasteiger partial charge in [0.05, 0.1) is 12.7 Å². The van der Waals surface area contributed by atoms with Crippen molar-refractivity contribution in [2.75, 3.05) is 0 Å². The van der Waals surface area contributed by atoms with Crippen LogP contribution in [0.15, 0.2) is 15.1 Å². The van der Waals surface area contributed by atoms with Crippen molar-refractivity contribution in [1.29, 1.82) is 0 Å². The molecule has 0 aliphatic carbocycles. The lowest BCUT2D eigenvalue weighted by atomic mass is 10.3. The highest BCUT2D eigenvalue weighted by Gasteiger charge is 2.13. The molecule has 2 aromatic heterocycles. The first-order valence-corrected chi connectivity index (χ1v) is 5.14. The van der Waals surface area contributed by atoms with Gasteiger partial charge < -0.3 is 14.3 Å². The van der Waals surface area contributed by atoms with E-state index in [9.17, 15) is 0 Å². The fourth-order valence-corrected chi connectivity index (χ4v) is 1.23. The maximum absolute atomic E-state index is 5.47. The van der Waals surface area contributed by atoms with Gasteiger partial charge in [-0.15, -0.1) is 10.2 Å². The zero-order chi connectivity index (χ0) is 11.5. The summed E-state index contributed by atoms with van der Waals surface area (Å²) in [6.07, 6.45) is 1.57. The van der Waals surface area contributed by atoms with Crippen LogP contribution in [0.3, 0.4) is 0 Å². The molecule has 86 valence electrons. The SMILES string of the molecule is Cc1oncc1-c1nnc(CNC(C)C)o1. The van der Waals surface area contributed by atoms with Crippen LogP contribution in [0.25, 0.3) is 11.5 Å². The maximum Gasteiger partial charge on any atom is 0.253 e. The highest BCUT2D eigenvalue weighted by atomic mass is 16.5. The second kappa shape index (κ2) is 4.44. The molecule has 2 heterocycles. The minimum atomic E-state index is 0.382. The zero-order valence-corrected chi connectivity index (χ0v) is 9.52. The molecule has 0 amide bonds. The first-order chi connectivity index (χ1) is 7.66. The molecular formula is C10H14N4O2. The summed E-state index contributed by atoms with van der Waals surface area (Å²) < 4.78 is 10.4. The number of nitrogens with one attached hydrogen (secondary N) is 1. The lowest BCUT2D eigenvalue weighted by molar-refractivity contribution is 0.397. The van der Waals surface area contributed by atoms with Gasteiger partial charge in [0.1, 0.15) is 11.3 Å². The van der Waals surface area contributed by atoms with Crippen molar-refractivity contribution >= 4 is 0 Å². The van der Waals surface area contributed by atoms with Crippen molar-refractivity contribution in [2.45, 2.75) is 33.4 Å². The van der Waals surface area contributed by atoms with Gasteiger partial charge in [0.15, 0.2) is 0 Å². The monoisotopic (exact) mass is 222 g/mol. The van der Waals surface area contributed by atoms with E-state index < -0.39 is 0 Å². The molecule has 0 fully saturated rings. The van der Waals surface area contributed by atoms with Gasteiger partial charge in [0.2, 0.25) is 5.89 Å². The van der Waals surface area contributed by atoms with Gasteiger partial charge >= 0.3 is 0 Å². The lowest BCUT2D eigenvalue weighted by Gasteiger charge is -2.03. The van der Waals surface area contributed by atoms with E-state index >= 15 is 0 Å². The summed E-state index contributed by atoms with van der Waals surface area (Å²) in [5, 5.41) is 14.7. The number of aryl methyl sites for hydroxylation is 1. The average molecular weight is 222 g/mol. The van der Waals surface area contributed by atoms with E-state index in [1.54, 1.807) is 13.1 Å². The quantitative estimate of drug-likeness (QED) is 0.845. The molecule has 16 heavy (non-hydrogen) atoms. The highest BCUT2D eigenvalue weighted by Crippen LogP contribution is 2.20. The van der Waals surface area contributed by atoms with Crippen molar-refractivity contribution in [3.8, 4) is 11.5 Å². The molecule has 0 aliphatic heterocycles. The Kier molecular flexibility index (Phi) is 3.00. The standard InChI is InChI=1S/C10H14N4O2/c1-6(2)11-5-9-13-14-10(15-9)8-4-12-16-7(8)3/h4,6,11H,5H2,1-3H3. The Bertz CT molecular complexity index is 461. The van der Waals surface area contributed by atoms with Gasteiger partial charge in [-0.2, -0.15) is 0 Å². The molecule has 0 spiro atoms. The first kappa shape index (κ1) is 10.8. The van der Waals surface area contributed by atoms with Crippen molar-refractivity contribution < 1.29 is 8.94 Å². The van der Waals surface area contributed by atoms with E-state index in [-0.39, 0.29) is 0 Å². The number of rotatable bonds is 4. The third-order valence-electron chi connectivity index (χ3n) is 2.11. The summed E-state index contributed by atoms with van der Waals surface area (Å²) in [7, 11) is 0. The van der Waals surface area contributed by atoms with Crippen molar-refractivity contribution in [1.82, 2.24) is 20.7 Å². The molecule has 0 radical (unpaired) electrons. The van der Waals surface area contributed by atoms with Crippen molar-refractivity contribution in [2.24, 2.45) is 0 Å². The Morgan fingerprint density at radius 2 is 2.19 bits per heavy atom. The van der Waals surface area contributed by atoms with Gasteiger partial charge in [0.25, 0.3) is 5.89 Å². The molecule has 1 N–H and O–H groups in total. The Hall–Kier alpha value is -1.69. The largest absolute Gasteiger partial charge is 0.419 e. The molecule has 2 rings (SSSR count). The third kappa shape index (κ3) is 2.27. The molecule has 6 heteroatoms. The van der Waals surface area contributed by atoms with Crippen LogP contribution in [-0.2, 0) is 6.54 Å². The summed E-state index contributed by atoms with van der Waals surface area (Å²) in [5.74, 6) is 1.68. The maximum atomic E-state index is 5.47. The average Bonchev–Trinajstić information content (AvgIpc) is 2.83. The fourth-order valence-electron chi connectivity index (χ4n) is 1.23. The lowest BCUT2D eigenvalue weighted by Crippen LogP contribution is -2.21. The predicted molar refractivity (Wildman–Crippen MR) is 56.5 cm³/mol. The van der Waals surface area contributed by atoms with Gasteiger partial charge in [-0.05, 0) is 6.92 Å². The molecule has 0 aromatic carbocycles. The Morgan fingerprint density at radius 3 is 2.81 bits per heavy atom. The summed E-state index contributed by atoms with van der Waals surface area (Å²) >= 11 is 0. The number of nitrogens with zero attached hydrogens (tertiary/aromatic N) is 3. The van der Waals surface area contributed by atoms with Crippen LogP contribution in [0.5, 0.6) is 0 Å². The second-order valence-electron chi connectivity index (χ2n) is 3.83. The molecule has 2 aromatic rings. The smallest absolute Gasteiger partial charge is 0.253 e. The van der Waals surface area contributed by atoms with E-state index in [0.717, 1.165) is 5.56 Å². The van der Waals surface area contributed by atoms with Gasteiger partial charge in [0, 0.05) is 6.04 Å². The molecule has 0 atom stereocenters. The Labute approximate surface area is 93.0 Å². The van der Waals surface area contributed by atoms with E-state index in [2.05, 4.69) is 34.5 Å². The van der Waals surface area contributed by atoms with Gasteiger partial charge in [-0.3, -0.25) is 0 Å². The first-order valence-electron chi connectivity index (χ1n) is 5.14. The second-order valence-corrected chi connectivity index (χ2v) is 3.83. The van der Waals surface area contributed by atoms with E-state index in [1.807, 2.05) is 0 Å². The molecule has 0 unspecified atom stereocenters. The summed E-state index contributed by atoms with van der Waals surface area (Å²) in [4.78, 5) is 0. The van der Waals surface area contributed by atoms with Crippen molar-refractivity contribution in [3.05, 3.63) is 17.8 Å². The number of hydrogen-bond donors (Lipinski definition) is 1. The van der Waals surface area contributed by atoms with E-state index in [0.29, 0.717) is 30.1 Å². The van der Waals surface area contributed by atoms with Crippen LogP contribution in [0.2, 0.25) is 0 Å². The number of aromatic nitrogens is 3. The molecule has 0 saturated heterocycles. The summed E-state index contributed by atoms with van der Waals surface area (Å²) in [6.45, 7) is 6.48. The number of hydrogen-bond acceptors (Lipinski definition) is 6. The predicted octanol–water partition coefficient (Wildman–Crippen LogP) is 1.53. The fraction of sp³-hybridized carbons (Fsp3) is 0.500. The van der Waals surface area contributed by atoms with Crippen LogP contribution in [0.1, 0.15) is 25.5 Å². The Morgan fingerprint density at radius 1 is 1.38 bits per heavy atom. The van der Waals surface area contributed by atoms with E-state index in [4.69, 9.17) is 8.94 Å². The Balaban J connectivity index is 2.11. The van der Waals surface area contributed by atoms with Crippen LogP contribution in [0.4, 0.5) is 0 Å². The van der Waals surface area contributed by atoms with Crippen LogP contribution >= 0.6 is 0 Å². The molecule has 6 nitrogen and oxygen atoms in total. The minimum absolute atomic E-state index is 0.382.